The second kappa shape index (κ2) is 6.69. The number of hydrogen-bond acceptors (Lipinski definition) is 3. The average Bonchev–Trinajstić information content (AvgIpc) is 2.30. The molecule has 0 bridgehead atoms. The van der Waals surface area contributed by atoms with Crippen molar-refractivity contribution in [3.8, 4) is 0 Å². The Hall–Kier alpha value is -0.970. The number of rotatable bonds is 6. The van der Waals surface area contributed by atoms with Crippen LogP contribution in [0.2, 0.25) is 0 Å². The van der Waals surface area contributed by atoms with E-state index in [0.717, 1.165) is 12.0 Å². The normalized spacial score (nSPS) is 14.6. The molecule has 0 saturated heterocycles. The highest BCUT2D eigenvalue weighted by atomic mass is 19.1. The largest absolute Gasteiger partial charge is 0.385 e. The molecule has 0 aromatic heterocycles. The Balaban J connectivity index is 2.85. The monoisotopic (exact) mass is 240 g/mol. The van der Waals surface area contributed by atoms with Crippen LogP contribution in [0.15, 0.2) is 18.2 Å². The lowest BCUT2D eigenvalue weighted by Crippen LogP contribution is -2.33. The van der Waals surface area contributed by atoms with Gasteiger partial charge in [0.2, 0.25) is 0 Å². The van der Waals surface area contributed by atoms with Gasteiger partial charge in [0.1, 0.15) is 5.82 Å². The van der Waals surface area contributed by atoms with Gasteiger partial charge in [0, 0.05) is 19.3 Å². The molecule has 2 unspecified atom stereocenters. The minimum Gasteiger partial charge on any atom is -0.385 e. The molecule has 3 nitrogen and oxygen atoms in total. The first-order valence-corrected chi connectivity index (χ1v) is 5.81. The van der Waals surface area contributed by atoms with Crippen LogP contribution in [0.3, 0.4) is 0 Å². The van der Waals surface area contributed by atoms with Gasteiger partial charge >= 0.3 is 0 Å². The van der Waals surface area contributed by atoms with E-state index in [9.17, 15) is 4.39 Å². The predicted octanol–water partition coefficient (Wildman–Crippen LogP) is 2.31. The summed E-state index contributed by atoms with van der Waals surface area (Å²) in [7, 11) is 1.66. The second-order valence-electron chi connectivity index (χ2n) is 4.43. The molecule has 0 aliphatic carbocycles. The molecule has 96 valence electrons. The van der Waals surface area contributed by atoms with Gasteiger partial charge in [0.15, 0.2) is 0 Å². The summed E-state index contributed by atoms with van der Waals surface area (Å²) in [6.45, 7) is 4.54. The Morgan fingerprint density at radius 2 is 2.18 bits per heavy atom. The minimum absolute atomic E-state index is 0.189. The van der Waals surface area contributed by atoms with Gasteiger partial charge in [0.05, 0.1) is 6.04 Å². The summed E-state index contributed by atoms with van der Waals surface area (Å²) >= 11 is 0. The number of nitrogens with two attached hydrogens (primary N) is 1. The first-order valence-electron chi connectivity index (χ1n) is 5.81. The number of methoxy groups -OCH3 is 1. The van der Waals surface area contributed by atoms with Crippen LogP contribution < -0.4 is 11.3 Å². The third-order valence-corrected chi connectivity index (χ3v) is 3.02. The molecule has 0 fully saturated rings. The predicted molar refractivity (Wildman–Crippen MR) is 66.9 cm³/mol. The summed E-state index contributed by atoms with van der Waals surface area (Å²) in [5, 5.41) is 0. The summed E-state index contributed by atoms with van der Waals surface area (Å²) in [5.41, 5.74) is 4.21. The van der Waals surface area contributed by atoms with Gasteiger partial charge in [-0.25, -0.2) is 4.39 Å². The molecule has 2 atom stereocenters. The van der Waals surface area contributed by atoms with E-state index >= 15 is 0 Å². The molecule has 3 N–H and O–H groups in total. The lowest BCUT2D eigenvalue weighted by atomic mass is 9.92. The van der Waals surface area contributed by atoms with Gasteiger partial charge in [0.25, 0.3) is 0 Å². The fraction of sp³-hybridized carbons (Fsp3) is 0.538. The highest BCUT2D eigenvalue weighted by Gasteiger charge is 2.20. The topological polar surface area (TPSA) is 47.3 Å². The Morgan fingerprint density at radius 3 is 2.71 bits per heavy atom. The van der Waals surface area contributed by atoms with E-state index in [4.69, 9.17) is 10.6 Å². The van der Waals surface area contributed by atoms with Crippen molar-refractivity contribution < 1.29 is 9.13 Å². The fourth-order valence-corrected chi connectivity index (χ4v) is 1.92. The van der Waals surface area contributed by atoms with Crippen LogP contribution in [0.25, 0.3) is 0 Å². The lowest BCUT2D eigenvalue weighted by Gasteiger charge is -2.24. The number of nitrogens with one attached hydrogen (secondary N) is 1. The van der Waals surface area contributed by atoms with E-state index in [1.54, 1.807) is 13.2 Å². The molecule has 17 heavy (non-hydrogen) atoms. The molecule has 0 amide bonds. The molecule has 0 radical (unpaired) electrons. The molecule has 4 heteroatoms. The smallest absolute Gasteiger partial charge is 0.128 e. The zero-order valence-electron chi connectivity index (χ0n) is 10.7. The maximum absolute atomic E-state index is 13.8. The van der Waals surface area contributed by atoms with Gasteiger partial charge in [-0.05, 0) is 30.9 Å². The van der Waals surface area contributed by atoms with Crippen molar-refractivity contribution in [3.63, 3.8) is 0 Å². The summed E-state index contributed by atoms with van der Waals surface area (Å²) < 4.78 is 18.9. The maximum atomic E-state index is 13.8. The van der Waals surface area contributed by atoms with E-state index in [-0.39, 0.29) is 17.8 Å². The second-order valence-corrected chi connectivity index (χ2v) is 4.43. The van der Waals surface area contributed by atoms with Crippen LogP contribution in [0.1, 0.15) is 30.5 Å². The van der Waals surface area contributed by atoms with E-state index in [2.05, 4.69) is 5.43 Å². The number of ether oxygens (including phenoxy) is 1. The van der Waals surface area contributed by atoms with Gasteiger partial charge < -0.3 is 4.74 Å². The number of hydrogen-bond donors (Lipinski definition) is 2. The van der Waals surface area contributed by atoms with E-state index < -0.39 is 0 Å². The Bertz CT molecular complexity index is 357. The first kappa shape index (κ1) is 14.1. The van der Waals surface area contributed by atoms with E-state index in [1.165, 1.54) is 6.07 Å². The van der Waals surface area contributed by atoms with E-state index in [0.29, 0.717) is 12.2 Å². The van der Waals surface area contributed by atoms with Crippen LogP contribution in [-0.2, 0) is 4.74 Å². The molecule has 0 aliphatic heterocycles. The van der Waals surface area contributed by atoms with Crippen LogP contribution in [0.4, 0.5) is 4.39 Å². The third-order valence-electron chi connectivity index (χ3n) is 3.02. The van der Waals surface area contributed by atoms with Crippen molar-refractivity contribution in [2.45, 2.75) is 26.3 Å². The van der Waals surface area contributed by atoms with Crippen molar-refractivity contribution in [2.24, 2.45) is 11.8 Å². The van der Waals surface area contributed by atoms with Gasteiger partial charge in [-0.2, -0.15) is 0 Å². The molecular weight excluding hydrogens is 219 g/mol. The highest BCUT2D eigenvalue weighted by molar-refractivity contribution is 5.26. The quantitative estimate of drug-likeness (QED) is 0.592. The van der Waals surface area contributed by atoms with Gasteiger partial charge in [-0.3, -0.25) is 11.3 Å². The standard InChI is InChI=1S/C13H21FN2O/c1-9-4-5-11(12(14)8-9)13(16-15)10(2)6-7-17-3/h4-5,8,10,13,16H,6-7,15H2,1-3H3. The number of aryl methyl sites for hydroxylation is 1. The summed E-state index contributed by atoms with van der Waals surface area (Å²) in [5.74, 6) is 5.52. The zero-order valence-corrected chi connectivity index (χ0v) is 10.7. The van der Waals surface area contributed by atoms with Crippen LogP contribution in [-0.4, -0.2) is 13.7 Å². The summed E-state index contributed by atoms with van der Waals surface area (Å²) in [6, 6.07) is 5.03. The molecule has 1 aromatic rings. The van der Waals surface area contributed by atoms with Crippen molar-refractivity contribution >= 4 is 0 Å². The number of halogens is 1. The Kier molecular flexibility index (Phi) is 5.55. The molecule has 0 saturated carbocycles. The molecule has 0 spiro atoms. The average molecular weight is 240 g/mol. The molecule has 1 rings (SSSR count). The number of benzene rings is 1. The van der Waals surface area contributed by atoms with Crippen molar-refractivity contribution in [3.05, 3.63) is 35.1 Å². The highest BCUT2D eigenvalue weighted by Crippen LogP contribution is 2.26. The SMILES string of the molecule is COCCC(C)C(NN)c1ccc(C)cc1F. The Labute approximate surface area is 102 Å². The van der Waals surface area contributed by atoms with Crippen molar-refractivity contribution in [2.75, 3.05) is 13.7 Å². The summed E-state index contributed by atoms with van der Waals surface area (Å²) in [6.07, 6.45) is 0.832. The van der Waals surface area contributed by atoms with Gasteiger partial charge in [-0.1, -0.05) is 19.1 Å². The van der Waals surface area contributed by atoms with Crippen LogP contribution in [0.5, 0.6) is 0 Å². The lowest BCUT2D eigenvalue weighted by molar-refractivity contribution is 0.169. The minimum atomic E-state index is -0.211. The van der Waals surface area contributed by atoms with Crippen molar-refractivity contribution in [1.29, 1.82) is 0 Å². The molecule has 0 heterocycles. The van der Waals surface area contributed by atoms with Crippen LogP contribution in [0, 0.1) is 18.7 Å². The first-order chi connectivity index (χ1) is 8.10. The van der Waals surface area contributed by atoms with E-state index in [1.807, 2.05) is 19.9 Å². The zero-order chi connectivity index (χ0) is 12.8. The Morgan fingerprint density at radius 1 is 1.47 bits per heavy atom. The van der Waals surface area contributed by atoms with Crippen molar-refractivity contribution in [1.82, 2.24) is 5.43 Å². The molecule has 0 aliphatic rings. The molecular formula is C13H21FN2O. The number of hydrazine groups is 1. The van der Waals surface area contributed by atoms with Crippen LogP contribution >= 0.6 is 0 Å². The molecule has 1 aromatic carbocycles. The third kappa shape index (κ3) is 3.77. The summed E-state index contributed by atoms with van der Waals surface area (Å²) in [4.78, 5) is 0. The maximum Gasteiger partial charge on any atom is 0.128 e. The van der Waals surface area contributed by atoms with Gasteiger partial charge in [-0.15, -0.1) is 0 Å². The fourth-order valence-electron chi connectivity index (χ4n) is 1.92.